The van der Waals surface area contributed by atoms with Crippen molar-refractivity contribution in [3.05, 3.63) is 59.7 Å². The minimum atomic E-state index is 0. The van der Waals surface area contributed by atoms with Gasteiger partial charge in [0.25, 0.3) is 5.91 Å². The van der Waals surface area contributed by atoms with Gasteiger partial charge < -0.3 is 15.5 Å². The maximum Gasteiger partial charge on any atom is 0.254 e. The molecule has 1 aliphatic heterocycles. The van der Waals surface area contributed by atoms with Crippen LogP contribution in [0, 0.1) is 6.92 Å². The van der Waals surface area contributed by atoms with Crippen LogP contribution in [0.2, 0.25) is 0 Å². The number of nitrogen functional groups attached to an aromatic ring is 1. The summed E-state index contributed by atoms with van der Waals surface area (Å²) in [5.41, 5.74) is 9.55. The van der Waals surface area contributed by atoms with Gasteiger partial charge in [-0.25, -0.2) is 0 Å². The van der Waals surface area contributed by atoms with Crippen molar-refractivity contribution < 1.29 is 4.79 Å². The molecule has 2 aromatic rings. The number of rotatable bonds is 2. The van der Waals surface area contributed by atoms with Gasteiger partial charge in [0.1, 0.15) is 0 Å². The Bertz CT molecular complexity index is 685. The van der Waals surface area contributed by atoms with Crippen molar-refractivity contribution in [3.63, 3.8) is 0 Å². The third-order valence-corrected chi connectivity index (χ3v) is 4.07. The summed E-state index contributed by atoms with van der Waals surface area (Å²) in [6.45, 7) is 5.29. The second kappa shape index (κ2) is 8.81. The number of hydrogen-bond acceptors (Lipinski definition) is 3. The minimum absolute atomic E-state index is 0. The first kappa shape index (κ1) is 20.1. The first-order valence-corrected chi connectivity index (χ1v) is 7.60. The number of hydrogen-bond donors (Lipinski definition) is 1. The van der Waals surface area contributed by atoms with Gasteiger partial charge in [-0.2, -0.15) is 0 Å². The molecule has 2 N–H and O–H groups in total. The summed E-state index contributed by atoms with van der Waals surface area (Å²) in [4.78, 5) is 16.7. The van der Waals surface area contributed by atoms with Crippen LogP contribution >= 0.6 is 24.8 Å². The average Bonchev–Trinajstić information content (AvgIpc) is 2.54. The standard InChI is InChI=1S/C18H21N3O.2ClH/c1-14-4-2-7-17(12-14)20-8-10-21(11-9-20)18(22)15-5-3-6-16(19)13-15;;/h2-7,12-13H,8-11,19H2,1H3;2*1H. The van der Waals surface area contributed by atoms with E-state index in [1.54, 1.807) is 12.1 Å². The molecular formula is C18H23Cl2N3O. The quantitative estimate of drug-likeness (QED) is 0.827. The van der Waals surface area contributed by atoms with Crippen molar-refractivity contribution in [1.29, 1.82) is 0 Å². The molecule has 3 rings (SSSR count). The fourth-order valence-electron chi connectivity index (χ4n) is 2.85. The van der Waals surface area contributed by atoms with Crippen molar-refractivity contribution in [1.82, 2.24) is 4.90 Å². The Balaban J connectivity index is 0.00000144. The van der Waals surface area contributed by atoms with Crippen LogP contribution in [-0.4, -0.2) is 37.0 Å². The lowest BCUT2D eigenvalue weighted by Gasteiger charge is -2.36. The zero-order chi connectivity index (χ0) is 15.5. The van der Waals surface area contributed by atoms with Gasteiger partial charge in [-0.05, 0) is 42.8 Å². The number of nitrogens with zero attached hydrogens (tertiary/aromatic N) is 2. The maximum absolute atomic E-state index is 12.5. The molecule has 0 unspecified atom stereocenters. The SMILES string of the molecule is Cc1cccc(N2CCN(C(=O)c3cccc(N)c3)CC2)c1.Cl.Cl. The van der Waals surface area contributed by atoms with Crippen molar-refractivity contribution in [2.45, 2.75) is 6.92 Å². The number of carbonyl (C=O) groups excluding carboxylic acids is 1. The monoisotopic (exact) mass is 367 g/mol. The molecule has 0 aromatic heterocycles. The molecule has 0 spiro atoms. The molecule has 0 saturated carbocycles. The third kappa shape index (κ3) is 4.56. The van der Waals surface area contributed by atoms with Crippen LogP contribution in [0.3, 0.4) is 0 Å². The fourth-order valence-corrected chi connectivity index (χ4v) is 2.85. The van der Waals surface area contributed by atoms with E-state index in [0.29, 0.717) is 11.3 Å². The van der Waals surface area contributed by atoms with Gasteiger partial charge in [0.15, 0.2) is 0 Å². The molecule has 0 aliphatic carbocycles. The molecule has 2 aromatic carbocycles. The Kier molecular flexibility index (Phi) is 7.39. The van der Waals surface area contributed by atoms with Crippen LogP contribution in [0.4, 0.5) is 11.4 Å². The molecule has 0 bridgehead atoms. The molecule has 1 amide bonds. The topological polar surface area (TPSA) is 49.6 Å². The van der Waals surface area contributed by atoms with Crippen LogP contribution in [0.25, 0.3) is 0 Å². The third-order valence-electron chi connectivity index (χ3n) is 4.07. The number of carbonyl (C=O) groups is 1. The van der Waals surface area contributed by atoms with E-state index in [9.17, 15) is 4.79 Å². The Hall–Kier alpha value is -1.91. The van der Waals surface area contributed by atoms with Gasteiger partial charge >= 0.3 is 0 Å². The summed E-state index contributed by atoms with van der Waals surface area (Å²) < 4.78 is 0. The van der Waals surface area contributed by atoms with Crippen molar-refractivity contribution in [2.75, 3.05) is 36.8 Å². The van der Waals surface area contributed by atoms with Crippen molar-refractivity contribution >= 4 is 42.1 Å². The van der Waals surface area contributed by atoms with Crippen molar-refractivity contribution in [2.24, 2.45) is 0 Å². The van der Waals surface area contributed by atoms with Gasteiger partial charge in [-0.15, -0.1) is 24.8 Å². The molecule has 6 heteroatoms. The first-order valence-electron chi connectivity index (χ1n) is 7.60. The molecule has 1 heterocycles. The van der Waals surface area contributed by atoms with E-state index in [0.717, 1.165) is 26.2 Å². The highest BCUT2D eigenvalue weighted by molar-refractivity contribution is 5.95. The number of amides is 1. The van der Waals surface area contributed by atoms with E-state index in [-0.39, 0.29) is 30.7 Å². The molecule has 0 radical (unpaired) electrons. The zero-order valence-electron chi connectivity index (χ0n) is 13.6. The summed E-state index contributed by atoms with van der Waals surface area (Å²) >= 11 is 0. The number of benzene rings is 2. The lowest BCUT2D eigenvalue weighted by molar-refractivity contribution is 0.0747. The zero-order valence-corrected chi connectivity index (χ0v) is 15.3. The van der Waals surface area contributed by atoms with Crippen LogP contribution in [0.1, 0.15) is 15.9 Å². The number of aryl methyl sites for hydroxylation is 1. The van der Waals surface area contributed by atoms with Gasteiger partial charge in [0.05, 0.1) is 0 Å². The summed E-state index contributed by atoms with van der Waals surface area (Å²) in [5, 5.41) is 0. The normalized spacial score (nSPS) is 13.7. The second-order valence-electron chi connectivity index (χ2n) is 5.74. The molecule has 1 fully saturated rings. The summed E-state index contributed by atoms with van der Waals surface area (Å²) in [5.74, 6) is 0.0659. The molecule has 130 valence electrons. The first-order chi connectivity index (χ1) is 10.6. The van der Waals surface area contributed by atoms with Gasteiger partial charge in [-0.1, -0.05) is 18.2 Å². The van der Waals surface area contributed by atoms with Crippen LogP contribution < -0.4 is 10.6 Å². The van der Waals surface area contributed by atoms with E-state index in [4.69, 9.17) is 5.73 Å². The highest BCUT2D eigenvalue weighted by atomic mass is 35.5. The maximum atomic E-state index is 12.5. The van der Waals surface area contributed by atoms with E-state index < -0.39 is 0 Å². The van der Waals surface area contributed by atoms with Gasteiger partial charge in [0.2, 0.25) is 0 Å². The average molecular weight is 368 g/mol. The Morgan fingerprint density at radius 1 is 0.958 bits per heavy atom. The van der Waals surface area contributed by atoms with E-state index in [1.165, 1.54) is 11.3 Å². The van der Waals surface area contributed by atoms with Gasteiger partial charge in [0, 0.05) is 43.1 Å². The smallest absolute Gasteiger partial charge is 0.254 e. The predicted molar refractivity (Wildman–Crippen MR) is 105 cm³/mol. The molecule has 1 saturated heterocycles. The Labute approximate surface area is 155 Å². The van der Waals surface area contributed by atoms with Crippen LogP contribution in [0.15, 0.2) is 48.5 Å². The van der Waals surface area contributed by atoms with Crippen LogP contribution in [0.5, 0.6) is 0 Å². The summed E-state index contributed by atoms with van der Waals surface area (Å²) in [6.07, 6.45) is 0. The van der Waals surface area contributed by atoms with E-state index in [1.807, 2.05) is 17.0 Å². The lowest BCUT2D eigenvalue weighted by Crippen LogP contribution is -2.48. The number of halogens is 2. The summed E-state index contributed by atoms with van der Waals surface area (Å²) in [7, 11) is 0. The van der Waals surface area contributed by atoms with E-state index >= 15 is 0 Å². The number of piperazine rings is 1. The number of anilines is 2. The molecule has 1 aliphatic rings. The van der Waals surface area contributed by atoms with Crippen LogP contribution in [-0.2, 0) is 0 Å². The Morgan fingerprint density at radius 2 is 1.62 bits per heavy atom. The largest absolute Gasteiger partial charge is 0.399 e. The highest BCUT2D eigenvalue weighted by Crippen LogP contribution is 2.19. The fraction of sp³-hybridized carbons (Fsp3) is 0.278. The summed E-state index contributed by atoms with van der Waals surface area (Å²) in [6, 6.07) is 15.7. The van der Waals surface area contributed by atoms with Crippen molar-refractivity contribution in [3.8, 4) is 0 Å². The highest BCUT2D eigenvalue weighted by Gasteiger charge is 2.22. The second-order valence-corrected chi connectivity index (χ2v) is 5.74. The molecular weight excluding hydrogens is 345 g/mol. The Morgan fingerprint density at radius 3 is 2.25 bits per heavy atom. The molecule has 0 atom stereocenters. The minimum Gasteiger partial charge on any atom is -0.399 e. The molecule has 24 heavy (non-hydrogen) atoms. The van der Waals surface area contributed by atoms with E-state index in [2.05, 4.69) is 36.1 Å². The number of nitrogens with two attached hydrogens (primary N) is 1. The lowest BCUT2D eigenvalue weighted by atomic mass is 10.1. The predicted octanol–water partition coefficient (Wildman–Crippen LogP) is 3.38. The van der Waals surface area contributed by atoms with Gasteiger partial charge in [-0.3, -0.25) is 4.79 Å². The molecule has 4 nitrogen and oxygen atoms in total.